The van der Waals surface area contributed by atoms with Crippen LogP contribution in [0.25, 0.3) is 0 Å². The maximum atomic E-state index is 13.5. The number of hydrogen-bond acceptors (Lipinski definition) is 4. The van der Waals surface area contributed by atoms with Gasteiger partial charge in [-0.2, -0.15) is 4.31 Å². The van der Waals surface area contributed by atoms with Gasteiger partial charge in [0.15, 0.2) is 0 Å². The van der Waals surface area contributed by atoms with Gasteiger partial charge in [-0.05, 0) is 42.0 Å². The fraction of sp³-hybridized carbons (Fsp3) is 0.136. The van der Waals surface area contributed by atoms with Crippen LogP contribution in [0, 0.1) is 0 Å². The Kier molecular flexibility index (Phi) is 8.03. The third kappa shape index (κ3) is 5.94. The van der Waals surface area contributed by atoms with Gasteiger partial charge in [-0.3, -0.25) is 4.79 Å². The second-order valence-electron chi connectivity index (χ2n) is 6.73. The molecule has 3 rings (SSSR count). The summed E-state index contributed by atoms with van der Waals surface area (Å²) in [5.41, 5.74) is 1.10. The molecule has 168 valence electrons. The first-order chi connectivity index (χ1) is 15.2. The number of methoxy groups -OCH3 is 1. The van der Waals surface area contributed by atoms with Crippen LogP contribution in [0.2, 0.25) is 15.1 Å². The first kappa shape index (κ1) is 24.4. The number of carbonyl (C=O) groups is 1. The zero-order chi connectivity index (χ0) is 23.3. The van der Waals surface area contributed by atoms with Gasteiger partial charge < -0.3 is 10.1 Å². The Balaban J connectivity index is 1.93. The highest BCUT2D eigenvalue weighted by Crippen LogP contribution is 2.30. The van der Waals surface area contributed by atoms with Crippen LogP contribution in [-0.2, 0) is 21.4 Å². The summed E-state index contributed by atoms with van der Waals surface area (Å²) < 4.78 is 33.3. The molecule has 0 unspecified atom stereocenters. The van der Waals surface area contributed by atoms with Crippen molar-refractivity contribution in [3.8, 4) is 5.75 Å². The molecule has 0 saturated heterocycles. The van der Waals surface area contributed by atoms with Crippen molar-refractivity contribution < 1.29 is 17.9 Å². The Labute approximate surface area is 201 Å². The third-order valence-electron chi connectivity index (χ3n) is 4.47. The highest BCUT2D eigenvalue weighted by Gasteiger charge is 2.30. The topological polar surface area (TPSA) is 75.7 Å². The molecule has 10 heteroatoms. The Bertz CT molecular complexity index is 1220. The van der Waals surface area contributed by atoms with Gasteiger partial charge in [-0.1, -0.05) is 65.1 Å². The van der Waals surface area contributed by atoms with Crippen molar-refractivity contribution in [1.29, 1.82) is 0 Å². The van der Waals surface area contributed by atoms with Gasteiger partial charge in [0.1, 0.15) is 10.6 Å². The van der Waals surface area contributed by atoms with E-state index in [1.54, 1.807) is 30.3 Å². The standard InChI is InChI=1S/C22H19Cl3N2O4S/c1-31-20-10-7-16(23)11-21(20)32(29,30)27(13-15-5-3-2-4-6-15)14-22(28)26-17-8-9-18(24)19(25)12-17/h2-12H,13-14H2,1H3,(H,26,28). The molecule has 0 heterocycles. The van der Waals surface area contributed by atoms with Crippen LogP contribution in [0.3, 0.4) is 0 Å². The monoisotopic (exact) mass is 512 g/mol. The lowest BCUT2D eigenvalue weighted by Gasteiger charge is -2.23. The maximum absolute atomic E-state index is 13.5. The molecule has 3 aromatic carbocycles. The van der Waals surface area contributed by atoms with Gasteiger partial charge in [0.05, 0.1) is 23.7 Å². The van der Waals surface area contributed by atoms with E-state index in [1.165, 1.54) is 37.4 Å². The number of sulfonamides is 1. The quantitative estimate of drug-likeness (QED) is 0.432. The van der Waals surface area contributed by atoms with E-state index in [2.05, 4.69) is 5.32 Å². The van der Waals surface area contributed by atoms with E-state index in [1.807, 2.05) is 6.07 Å². The molecule has 0 fully saturated rings. The van der Waals surface area contributed by atoms with Crippen LogP contribution in [0.4, 0.5) is 5.69 Å². The maximum Gasteiger partial charge on any atom is 0.247 e. The molecule has 0 aliphatic heterocycles. The number of rotatable bonds is 8. The summed E-state index contributed by atoms with van der Waals surface area (Å²) in [6.45, 7) is -0.485. The first-order valence-corrected chi connectivity index (χ1v) is 11.9. The Morgan fingerprint density at radius 1 is 0.969 bits per heavy atom. The minimum absolute atomic E-state index is 0.0341. The number of nitrogens with zero attached hydrogens (tertiary/aromatic N) is 1. The van der Waals surface area contributed by atoms with E-state index in [0.29, 0.717) is 16.3 Å². The molecule has 0 aromatic heterocycles. The Hall–Kier alpha value is -2.29. The normalized spacial score (nSPS) is 11.4. The number of hydrogen-bond donors (Lipinski definition) is 1. The van der Waals surface area contributed by atoms with Crippen molar-refractivity contribution in [2.24, 2.45) is 0 Å². The summed E-state index contributed by atoms with van der Waals surface area (Å²) in [4.78, 5) is 12.6. The van der Waals surface area contributed by atoms with Gasteiger partial charge in [-0.25, -0.2) is 8.42 Å². The third-order valence-corrected chi connectivity index (χ3v) is 7.26. The Morgan fingerprint density at radius 3 is 2.34 bits per heavy atom. The molecule has 0 saturated carbocycles. The molecule has 3 aromatic rings. The second kappa shape index (κ2) is 10.6. The average molecular weight is 514 g/mol. The number of ether oxygens (including phenoxy) is 1. The molecular weight excluding hydrogens is 495 g/mol. The molecule has 6 nitrogen and oxygen atoms in total. The number of anilines is 1. The molecular formula is C22H19Cl3N2O4S. The van der Waals surface area contributed by atoms with Crippen LogP contribution in [-0.4, -0.2) is 32.3 Å². The fourth-order valence-corrected chi connectivity index (χ4v) is 5.04. The number of carbonyl (C=O) groups excluding carboxylic acids is 1. The molecule has 0 aliphatic rings. The minimum Gasteiger partial charge on any atom is -0.495 e. The van der Waals surface area contributed by atoms with Crippen LogP contribution in [0.15, 0.2) is 71.6 Å². The SMILES string of the molecule is COc1ccc(Cl)cc1S(=O)(=O)N(CC(=O)Nc1ccc(Cl)c(Cl)c1)Cc1ccccc1. The van der Waals surface area contributed by atoms with Crippen LogP contribution in [0.1, 0.15) is 5.56 Å². The van der Waals surface area contributed by atoms with E-state index < -0.39 is 22.5 Å². The minimum atomic E-state index is -4.15. The number of nitrogens with one attached hydrogen (secondary N) is 1. The van der Waals surface area contributed by atoms with E-state index in [0.717, 1.165) is 4.31 Å². The lowest BCUT2D eigenvalue weighted by atomic mass is 10.2. The van der Waals surface area contributed by atoms with Crippen molar-refractivity contribution >= 4 is 56.4 Å². The molecule has 0 atom stereocenters. The second-order valence-corrected chi connectivity index (χ2v) is 9.89. The van der Waals surface area contributed by atoms with Gasteiger partial charge in [-0.15, -0.1) is 0 Å². The van der Waals surface area contributed by atoms with Gasteiger partial charge in [0.25, 0.3) is 0 Å². The zero-order valence-electron chi connectivity index (χ0n) is 16.9. The van der Waals surface area contributed by atoms with Crippen molar-refractivity contribution in [1.82, 2.24) is 4.31 Å². The molecule has 0 radical (unpaired) electrons. The van der Waals surface area contributed by atoms with Crippen molar-refractivity contribution in [3.05, 3.63) is 87.4 Å². The fourth-order valence-electron chi connectivity index (χ4n) is 2.94. The van der Waals surface area contributed by atoms with Gasteiger partial charge >= 0.3 is 0 Å². The van der Waals surface area contributed by atoms with Crippen LogP contribution in [0.5, 0.6) is 5.75 Å². The smallest absolute Gasteiger partial charge is 0.247 e. The first-order valence-electron chi connectivity index (χ1n) is 9.33. The number of halogens is 3. The predicted octanol–water partition coefficient (Wildman–Crippen LogP) is 5.49. The predicted molar refractivity (Wildman–Crippen MR) is 127 cm³/mol. The largest absolute Gasteiger partial charge is 0.495 e. The van der Waals surface area contributed by atoms with Crippen LogP contribution >= 0.6 is 34.8 Å². The Morgan fingerprint density at radius 2 is 1.69 bits per heavy atom. The highest BCUT2D eigenvalue weighted by molar-refractivity contribution is 7.89. The van der Waals surface area contributed by atoms with Gasteiger partial charge in [0, 0.05) is 17.3 Å². The van der Waals surface area contributed by atoms with E-state index in [-0.39, 0.29) is 27.2 Å². The molecule has 0 spiro atoms. The van der Waals surface area contributed by atoms with E-state index in [4.69, 9.17) is 39.5 Å². The van der Waals surface area contributed by atoms with Crippen LogP contribution < -0.4 is 10.1 Å². The van der Waals surface area contributed by atoms with E-state index in [9.17, 15) is 13.2 Å². The average Bonchev–Trinajstić information content (AvgIpc) is 2.76. The molecule has 0 aliphatic carbocycles. The molecule has 0 bridgehead atoms. The zero-order valence-corrected chi connectivity index (χ0v) is 20.0. The number of amides is 1. The summed E-state index contributed by atoms with van der Waals surface area (Å²) in [5.74, 6) is -0.429. The van der Waals surface area contributed by atoms with Crippen molar-refractivity contribution in [2.45, 2.75) is 11.4 Å². The summed E-state index contributed by atoms with van der Waals surface area (Å²) in [5, 5.41) is 3.48. The van der Waals surface area contributed by atoms with Crippen molar-refractivity contribution in [3.63, 3.8) is 0 Å². The number of benzene rings is 3. The lowest BCUT2D eigenvalue weighted by molar-refractivity contribution is -0.116. The van der Waals surface area contributed by atoms with E-state index >= 15 is 0 Å². The molecule has 1 N–H and O–H groups in total. The molecule has 32 heavy (non-hydrogen) atoms. The summed E-state index contributed by atoms with van der Waals surface area (Å²) in [7, 11) is -2.79. The van der Waals surface area contributed by atoms with Crippen molar-refractivity contribution in [2.75, 3.05) is 19.0 Å². The lowest BCUT2D eigenvalue weighted by Crippen LogP contribution is -2.37. The molecule has 1 amide bonds. The summed E-state index contributed by atoms with van der Waals surface area (Å²) >= 11 is 17.9. The van der Waals surface area contributed by atoms with Gasteiger partial charge in [0.2, 0.25) is 15.9 Å². The summed E-state index contributed by atoms with van der Waals surface area (Å²) in [6.07, 6.45) is 0. The highest BCUT2D eigenvalue weighted by atomic mass is 35.5. The summed E-state index contributed by atoms with van der Waals surface area (Å²) in [6, 6.07) is 17.8.